The van der Waals surface area contributed by atoms with Gasteiger partial charge in [0.2, 0.25) is 0 Å². The second kappa shape index (κ2) is 5.05. The van der Waals surface area contributed by atoms with Gasteiger partial charge in [-0.3, -0.25) is 4.57 Å². The fraction of sp³-hybridized carbons (Fsp3) is 0.0909. The zero-order valence-electron chi connectivity index (χ0n) is 9.14. The van der Waals surface area contributed by atoms with Crippen LogP contribution in [0, 0.1) is 5.82 Å². The minimum Gasteiger partial charge on any atom is -0.473 e. The third-order valence-corrected chi connectivity index (χ3v) is 2.41. The predicted molar refractivity (Wildman–Crippen MR) is 64.9 cm³/mol. The van der Waals surface area contributed by atoms with Gasteiger partial charge in [0.15, 0.2) is 18.4 Å². The van der Waals surface area contributed by atoms with Gasteiger partial charge in [0, 0.05) is 5.02 Å². The lowest BCUT2D eigenvalue weighted by molar-refractivity contribution is 0.228. The standard InChI is InChI=1S/C11H9ClFN3O2/c12-7-1-3-8(4-2-7)18-6-16-5-9(13)10(14)15-11(16)17/h1-5H,6H2,(H2,14,15,17). The number of rotatable bonds is 3. The van der Waals surface area contributed by atoms with Crippen LogP contribution in [-0.2, 0) is 6.73 Å². The summed E-state index contributed by atoms with van der Waals surface area (Å²) >= 11 is 5.71. The van der Waals surface area contributed by atoms with Gasteiger partial charge in [0.1, 0.15) is 5.75 Å². The van der Waals surface area contributed by atoms with E-state index in [1.807, 2.05) is 0 Å². The molecule has 94 valence electrons. The number of halogens is 2. The van der Waals surface area contributed by atoms with Crippen molar-refractivity contribution in [3.05, 3.63) is 51.8 Å². The van der Waals surface area contributed by atoms with Crippen LogP contribution in [0.1, 0.15) is 0 Å². The van der Waals surface area contributed by atoms with Crippen molar-refractivity contribution >= 4 is 17.4 Å². The molecule has 18 heavy (non-hydrogen) atoms. The maximum Gasteiger partial charge on any atom is 0.352 e. The molecule has 0 aliphatic rings. The fourth-order valence-electron chi connectivity index (χ4n) is 1.25. The van der Waals surface area contributed by atoms with Crippen LogP contribution in [0.3, 0.4) is 0 Å². The van der Waals surface area contributed by atoms with Crippen LogP contribution in [0.4, 0.5) is 10.2 Å². The molecular weight excluding hydrogens is 261 g/mol. The van der Waals surface area contributed by atoms with Gasteiger partial charge in [-0.15, -0.1) is 0 Å². The molecule has 0 fully saturated rings. The zero-order valence-corrected chi connectivity index (χ0v) is 9.89. The van der Waals surface area contributed by atoms with Crippen molar-refractivity contribution in [2.24, 2.45) is 0 Å². The lowest BCUT2D eigenvalue weighted by Gasteiger charge is -2.08. The normalized spacial score (nSPS) is 10.3. The van der Waals surface area contributed by atoms with E-state index in [0.29, 0.717) is 10.8 Å². The van der Waals surface area contributed by atoms with E-state index >= 15 is 0 Å². The average Bonchev–Trinajstić information content (AvgIpc) is 2.34. The topological polar surface area (TPSA) is 70.1 Å². The van der Waals surface area contributed by atoms with Crippen molar-refractivity contribution in [2.45, 2.75) is 6.73 Å². The summed E-state index contributed by atoms with van der Waals surface area (Å²) < 4.78 is 19.4. The number of hydrogen-bond donors (Lipinski definition) is 1. The van der Waals surface area contributed by atoms with Crippen molar-refractivity contribution in [2.75, 3.05) is 5.73 Å². The van der Waals surface area contributed by atoms with Gasteiger partial charge >= 0.3 is 5.69 Å². The highest BCUT2D eigenvalue weighted by Gasteiger charge is 2.05. The molecule has 0 saturated carbocycles. The van der Waals surface area contributed by atoms with E-state index in [-0.39, 0.29) is 6.73 Å². The lowest BCUT2D eigenvalue weighted by Crippen LogP contribution is -2.26. The van der Waals surface area contributed by atoms with E-state index < -0.39 is 17.3 Å². The molecule has 0 unspecified atom stereocenters. The van der Waals surface area contributed by atoms with E-state index in [4.69, 9.17) is 22.1 Å². The van der Waals surface area contributed by atoms with E-state index in [1.165, 1.54) is 0 Å². The van der Waals surface area contributed by atoms with Gasteiger partial charge in [0.05, 0.1) is 6.20 Å². The Balaban J connectivity index is 2.13. The third kappa shape index (κ3) is 2.78. The van der Waals surface area contributed by atoms with Crippen LogP contribution < -0.4 is 16.2 Å². The maximum absolute atomic E-state index is 13.1. The van der Waals surface area contributed by atoms with Crippen molar-refractivity contribution in [1.29, 1.82) is 0 Å². The minimum atomic E-state index is -0.769. The van der Waals surface area contributed by atoms with Gasteiger partial charge in [-0.25, -0.2) is 9.18 Å². The summed E-state index contributed by atoms with van der Waals surface area (Å²) in [4.78, 5) is 14.7. The number of nitrogens with two attached hydrogens (primary N) is 1. The highest BCUT2D eigenvalue weighted by molar-refractivity contribution is 6.30. The van der Waals surface area contributed by atoms with Crippen molar-refractivity contribution in [3.63, 3.8) is 0 Å². The Morgan fingerprint density at radius 2 is 2.06 bits per heavy atom. The smallest absolute Gasteiger partial charge is 0.352 e. The summed E-state index contributed by atoms with van der Waals surface area (Å²) in [6, 6.07) is 6.55. The lowest BCUT2D eigenvalue weighted by atomic mass is 10.3. The van der Waals surface area contributed by atoms with Gasteiger partial charge in [-0.1, -0.05) is 11.6 Å². The van der Waals surface area contributed by atoms with Gasteiger partial charge < -0.3 is 10.5 Å². The van der Waals surface area contributed by atoms with Gasteiger partial charge in [-0.2, -0.15) is 4.98 Å². The Bertz CT molecular complexity index is 613. The molecule has 2 rings (SSSR count). The molecule has 0 aliphatic carbocycles. The number of ether oxygens (including phenoxy) is 1. The summed E-state index contributed by atoms with van der Waals surface area (Å²) in [6.07, 6.45) is 0.945. The second-order valence-electron chi connectivity index (χ2n) is 3.45. The number of hydrogen-bond acceptors (Lipinski definition) is 4. The molecule has 0 aliphatic heterocycles. The monoisotopic (exact) mass is 269 g/mol. The Hall–Kier alpha value is -2.08. The first kappa shape index (κ1) is 12.4. The quantitative estimate of drug-likeness (QED) is 0.920. The molecule has 1 aromatic carbocycles. The summed E-state index contributed by atoms with van der Waals surface area (Å²) in [5.41, 5.74) is 4.48. The highest BCUT2D eigenvalue weighted by Crippen LogP contribution is 2.15. The molecule has 0 atom stereocenters. The molecule has 2 N–H and O–H groups in total. The van der Waals surface area contributed by atoms with Crippen molar-refractivity contribution in [3.8, 4) is 5.75 Å². The predicted octanol–water partition coefficient (Wildman–Crippen LogP) is 1.65. The van der Waals surface area contributed by atoms with Crippen molar-refractivity contribution in [1.82, 2.24) is 9.55 Å². The first-order valence-corrected chi connectivity index (χ1v) is 5.35. The van der Waals surface area contributed by atoms with Gasteiger partial charge in [0.25, 0.3) is 0 Å². The largest absolute Gasteiger partial charge is 0.473 e. The zero-order chi connectivity index (χ0) is 13.1. The Kier molecular flexibility index (Phi) is 3.47. The summed E-state index contributed by atoms with van der Waals surface area (Å²) in [6.45, 7) is -0.162. The van der Waals surface area contributed by atoms with E-state index in [1.54, 1.807) is 24.3 Å². The molecule has 2 aromatic rings. The minimum absolute atomic E-state index is 0.162. The molecule has 0 saturated heterocycles. The van der Waals surface area contributed by atoms with Crippen LogP contribution in [0.2, 0.25) is 5.02 Å². The summed E-state index contributed by atoms with van der Waals surface area (Å²) in [5.74, 6) is -0.694. The second-order valence-corrected chi connectivity index (χ2v) is 3.89. The van der Waals surface area contributed by atoms with Crippen molar-refractivity contribution < 1.29 is 9.13 Å². The number of nitrogens with zero attached hydrogens (tertiary/aromatic N) is 2. The SMILES string of the molecule is Nc1nc(=O)n(COc2ccc(Cl)cc2)cc1F. The molecule has 0 amide bonds. The van der Waals surface area contributed by atoms with E-state index in [9.17, 15) is 9.18 Å². The summed E-state index contributed by atoms with van der Waals surface area (Å²) in [7, 11) is 0. The molecule has 7 heteroatoms. The molecule has 5 nitrogen and oxygen atoms in total. The van der Waals surface area contributed by atoms with Crippen LogP contribution in [0.15, 0.2) is 35.3 Å². The molecule has 1 heterocycles. The Labute approximate surface area is 107 Å². The Morgan fingerprint density at radius 1 is 1.39 bits per heavy atom. The van der Waals surface area contributed by atoms with E-state index in [0.717, 1.165) is 10.8 Å². The van der Waals surface area contributed by atoms with Crippen LogP contribution >= 0.6 is 11.6 Å². The molecule has 1 aromatic heterocycles. The first-order valence-electron chi connectivity index (χ1n) is 4.97. The molecular formula is C11H9ClFN3O2. The van der Waals surface area contributed by atoms with Crippen LogP contribution in [-0.4, -0.2) is 9.55 Å². The van der Waals surface area contributed by atoms with Gasteiger partial charge in [-0.05, 0) is 24.3 Å². The number of nitrogen functional groups attached to an aromatic ring is 1. The molecule has 0 spiro atoms. The van der Waals surface area contributed by atoms with Crippen LogP contribution in [0.5, 0.6) is 5.75 Å². The molecule has 0 bridgehead atoms. The first-order chi connectivity index (χ1) is 8.56. The highest BCUT2D eigenvalue weighted by atomic mass is 35.5. The number of aromatic nitrogens is 2. The number of anilines is 1. The molecule has 0 radical (unpaired) electrons. The average molecular weight is 270 g/mol. The summed E-state index contributed by atoms with van der Waals surface area (Å²) in [5, 5.41) is 0.569. The number of benzene rings is 1. The Morgan fingerprint density at radius 3 is 2.72 bits per heavy atom. The third-order valence-electron chi connectivity index (χ3n) is 2.16. The maximum atomic E-state index is 13.1. The van der Waals surface area contributed by atoms with Crippen LogP contribution in [0.25, 0.3) is 0 Å². The van der Waals surface area contributed by atoms with E-state index in [2.05, 4.69) is 4.98 Å². The fourth-order valence-corrected chi connectivity index (χ4v) is 1.37.